The highest BCUT2D eigenvalue weighted by Crippen LogP contribution is 2.49. The highest BCUT2D eigenvalue weighted by molar-refractivity contribution is 5.70. The number of rotatable bonds is 4. The van der Waals surface area contributed by atoms with Gasteiger partial charge in [0.25, 0.3) is 0 Å². The predicted molar refractivity (Wildman–Crippen MR) is 171 cm³/mol. The second kappa shape index (κ2) is 15.2. The van der Waals surface area contributed by atoms with Crippen LogP contribution in [0, 0.1) is 43.8 Å². The van der Waals surface area contributed by atoms with E-state index in [1.165, 1.54) is 0 Å². The zero-order chi connectivity index (χ0) is 32.5. The van der Waals surface area contributed by atoms with Gasteiger partial charge in [0.05, 0.1) is 26.1 Å². The third kappa shape index (κ3) is 29.7. The van der Waals surface area contributed by atoms with Gasteiger partial charge in [-0.25, -0.2) is 0 Å². The third-order valence-electron chi connectivity index (χ3n) is 5.28. The molecular formula is C35H72O4. The molecular weight excluding hydrogens is 484 g/mol. The van der Waals surface area contributed by atoms with Gasteiger partial charge < -0.3 is 9.47 Å². The SMILES string of the molecule is CC(C)(C)C(C(C)(C)C)C(C)(C)C.CC(C)(C)COC(=O)CC(C)(C)C.CC(C)(C)COC(=O)CC(C)(C)C. The van der Waals surface area contributed by atoms with Gasteiger partial charge in [0.1, 0.15) is 0 Å². The highest BCUT2D eigenvalue weighted by Gasteiger charge is 2.42. The number of hydrogen-bond donors (Lipinski definition) is 0. The molecule has 0 N–H and O–H groups in total. The summed E-state index contributed by atoms with van der Waals surface area (Å²) in [7, 11) is 0. The summed E-state index contributed by atoms with van der Waals surface area (Å²) in [6.07, 6.45) is 0.978. The van der Waals surface area contributed by atoms with Crippen LogP contribution in [0.25, 0.3) is 0 Å². The molecule has 39 heavy (non-hydrogen) atoms. The maximum Gasteiger partial charge on any atom is 0.306 e. The fourth-order valence-electron chi connectivity index (χ4n) is 5.46. The highest BCUT2D eigenvalue weighted by atomic mass is 16.5. The predicted octanol–water partition coefficient (Wildman–Crippen LogP) is 10.8. The van der Waals surface area contributed by atoms with Gasteiger partial charge in [0, 0.05) is 0 Å². The Bertz CT molecular complexity index is 622. The number of esters is 2. The van der Waals surface area contributed by atoms with Gasteiger partial charge in [0.2, 0.25) is 0 Å². The van der Waals surface area contributed by atoms with Crippen LogP contribution in [0.4, 0.5) is 0 Å². The molecule has 0 aliphatic heterocycles. The Labute approximate surface area is 246 Å². The smallest absolute Gasteiger partial charge is 0.306 e. The Morgan fingerprint density at radius 1 is 0.410 bits per heavy atom. The minimum Gasteiger partial charge on any atom is -0.465 e. The lowest BCUT2D eigenvalue weighted by Gasteiger charge is -2.49. The number of hydrogen-bond acceptors (Lipinski definition) is 4. The lowest BCUT2D eigenvalue weighted by Crippen LogP contribution is -2.41. The van der Waals surface area contributed by atoms with Crippen molar-refractivity contribution in [2.24, 2.45) is 43.8 Å². The first-order valence-corrected chi connectivity index (χ1v) is 14.9. The summed E-state index contributed by atoms with van der Waals surface area (Å²) >= 11 is 0. The van der Waals surface area contributed by atoms with Crippen molar-refractivity contribution in [2.45, 2.75) is 158 Å². The summed E-state index contributed by atoms with van der Waals surface area (Å²) < 4.78 is 10.3. The van der Waals surface area contributed by atoms with E-state index in [2.05, 4.69) is 104 Å². The van der Waals surface area contributed by atoms with Crippen LogP contribution in [0.3, 0.4) is 0 Å². The standard InChI is InChI=1S/C13H28.2C11H22O2/c1-11(2,3)10(12(4,5)6)13(7,8)9;2*1-10(2,3)7-9(12)13-8-11(4,5)6/h10H,1-9H3;2*7-8H2,1-6H3. The molecule has 0 unspecified atom stereocenters. The fraction of sp³-hybridized carbons (Fsp3) is 0.943. The molecule has 0 aromatic heterocycles. The Balaban J connectivity index is -0.000000498. The van der Waals surface area contributed by atoms with Gasteiger partial charge >= 0.3 is 11.9 Å². The lowest BCUT2D eigenvalue weighted by molar-refractivity contribution is -0.149. The molecule has 0 radical (unpaired) electrons. The first-order valence-electron chi connectivity index (χ1n) is 14.9. The van der Waals surface area contributed by atoms with Crippen molar-refractivity contribution in [1.82, 2.24) is 0 Å². The summed E-state index contributed by atoms with van der Waals surface area (Å²) in [5.41, 5.74) is 1.33. The molecule has 0 saturated heterocycles. The van der Waals surface area contributed by atoms with E-state index in [1.807, 2.05) is 41.5 Å². The van der Waals surface area contributed by atoms with E-state index in [4.69, 9.17) is 9.47 Å². The fourth-order valence-corrected chi connectivity index (χ4v) is 5.46. The van der Waals surface area contributed by atoms with Crippen LogP contribution in [-0.4, -0.2) is 25.2 Å². The first kappa shape index (κ1) is 42.4. The summed E-state index contributed by atoms with van der Waals surface area (Å²) in [6, 6.07) is 0. The monoisotopic (exact) mass is 557 g/mol. The average molecular weight is 557 g/mol. The van der Waals surface area contributed by atoms with Gasteiger partial charge in [-0.05, 0) is 43.8 Å². The summed E-state index contributed by atoms with van der Waals surface area (Å²) in [6.45, 7) is 46.7. The van der Waals surface area contributed by atoms with E-state index in [0.29, 0.717) is 42.3 Å². The molecule has 0 heterocycles. The van der Waals surface area contributed by atoms with Crippen molar-refractivity contribution in [3.05, 3.63) is 0 Å². The Morgan fingerprint density at radius 2 is 0.615 bits per heavy atom. The minimum atomic E-state index is -0.0950. The molecule has 0 saturated carbocycles. The van der Waals surface area contributed by atoms with Gasteiger partial charge in [0.15, 0.2) is 0 Å². The van der Waals surface area contributed by atoms with E-state index in [1.54, 1.807) is 0 Å². The van der Waals surface area contributed by atoms with E-state index in [9.17, 15) is 9.59 Å². The van der Waals surface area contributed by atoms with E-state index in [-0.39, 0.29) is 33.6 Å². The molecule has 0 fully saturated rings. The van der Waals surface area contributed by atoms with E-state index < -0.39 is 0 Å². The van der Waals surface area contributed by atoms with Crippen LogP contribution < -0.4 is 0 Å². The first-order chi connectivity index (χ1) is 16.6. The Hall–Kier alpha value is -1.06. The third-order valence-corrected chi connectivity index (χ3v) is 5.28. The number of carbonyl (C=O) groups excluding carboxylic acids is 2. The van der Waals surface area contributed by atoms with Crippen LogP contribution in [0.2, 0.25) is 0 Å². The molecule has 236 valence electrons. The quantitative estimate of drug-likeness (QED) is 0.323. The number of ether oxygens (including phenoxy) is 2. The van der Waals surface area contributed by atoms with Crippen molar-refractivity contribution < 1.29 is 19.1 Å². The second-order valence-corrected chi connectivity index (χ2v) is 19.4. The van der Waals surface area contributed by atoms with Gasteiger partial charge in [-0.3, -0.25) is 9.59 Å². The van der Waals surface area contributed by atoms with Gasteiger partial charge in [-0.1, -0.05) is 145 Å². The maximum atomic E-state index is 11.3. The van der Waals surface area contributed by atoms with Crippen LogP contribution >= 0.6 is 0 Å². The average Bonchev–Trinajstić information content (AvgIpc) is 2.50. The molecule has 0 spiro atoms. The zero-order valence-corrected chi connectivity index (χ0v) is 30.5. The summed E-state index contributed by atoms with van der Waals surface area (Å²) in [4.78, 5) is 22.6. The summed E-state index contributed by atoms with van der Waals surface area (Å²) in [5, 5.41) is 0. The molecule has 0 aliphatic rings. The topological polar surface area (TPSA) is 52.6 Å². The molecule has 0 aromatic carbocycles. The van der Waals surface area contributed by atoms with Crippen LogP contribution in [0.15, 0.2) is 0 Å². The summed E-state index contributed by atoms with van der Waals surface area (Å²) in [5.74, 6) is 0.539. The molecule has 4 nitrogen and oxygen atoms in total. The lowest BCUT2D eigenvalue weighted by atomic mass is 9.56. The van der Waals surface area contributed by atoms with E-state index >= 15 is 0 Å². The van der Waals surface area contributed by atoms with E-state index in [0.717, 1.165) is 5.92 Å². The van der Waals surface area contributed by atoms with Crippen LogP contribution in [-0.2, 0) is 19.1 Å². The van der Waals surface area contributed by atoms with Gasteiger partial charge in [-0.15, -0.1) is 0 Å². The molecule has 0 rings (SSSR count). The van der Waals surface area contributed by atoms with Crippen molar-refractivity contribution in [2.75, 3.05) is 13.2 Å². The minimum absolute atomic E-state index is 0.0228. The Morgan fingerprint density at radius 3 is 0.718 bits per heavy atom. The normalized spacial score (nSPS) is 13.6. The molecule has 4 heteroatoms. The van der Waals surface area contributed by atoms with Crippen LogP contribution in [0.1, 0.15) is 158 Å². The maximum absolute atomic E-state index is 11.3. The molecule has 0 atom stereocenters. The van der Waals surface area contributed by atoms with Crippen molar-refractivity contribution in [1.29, 1.82) is 0 Å². The van der Waals surface area contributed by atoms with Crippen molar-refractivity contribution in [3.8, 4) is 0 Å². The molecule has 0 aliphatic carbocycles. The molecule has 0 amide bonds. The zero-order valence-electron chi connectivity index (χ0n) is 30.5. The second-order valence-electron chi connectivity index (χ2n) is 19.4. The molecule has 0 aromatic rings. The largest absolute Gasteiger partial charge is 0.465 e. The van der Waals surface area contributed by atoms with Gasteiger partial charge in [-0.2, -0.15) is 0 Å². The van der Waals surface area contributed by atoms with Crippen LogP contribution in [0.5, 0.6) is 0 Å². The van der Waals surface area contributed by atoms with Crippen molar-refractivity contribution in [3.63, 3.8) is 0 Å². The Kier molecular flexibility index (Phi) is 16.6. The molecule has 0 bridgehead atoms. The number of carbonyl (C=O) groups is 2. The van der Waals surface area contributed by atoms with Crippen molar-refractivity contribution >= 4 is 11.9 Å².